The van der Waals surface area contributed by atoms with Crippen molar-refractivity contribution in [2.24, 2.45) is 5.92 Å². The van der Waals surface area contributed by atoms with E-state index in [1.165, 1.54) is 0 Å². The van der Waals surface area contributed by atoms with Crippen LogP contribution < -0.4 is 9.47 Å². The molecular formula is C19H23BrN2O5. The van der Waals surface area contributed by atoms with E-state index in [9.17, 15) is 9.59 Å². The summed E-state index contributed by atoms with van der Waals surface area (Å²) in [7, 11) is 0. The second-order valence-corrected chi connectivity index (χ2v) is 6.88. The van der Waals surface area contributed by atoms with E-state index in [-0.39, 0.29) is 24.4 Å². The van der Waals surface area contributed by atoms with E-state index in [1.54, 1.807) is 24.0 Å². The van der Waals surface area contributed by atoms with E-state index in [1.807, 2.05) is 6.92 Å². The fraction of sp³-hybridized carbons (Fsp3) is 0.526. The summed E-state index contributed by atoms with van der Waals surface area (Å²) in [6.07, 6.45) is 1.19. The third-order valence-electron chi connectivity index (χ3n) is 4.25. The minimum absolute atomic E-state index is 0.144. The number of hydrogen-bond acceptors (Lipinski definition) is 6. The largest absolute Gasteiger partial charge is 0.490 e. The smallest absolute Gasteiger partial charge is 0.309 e. The number of piperidine rings is 1. The van der Waals surface area contributed by atoms with Crippen LogP contribution in [0.3, 0.4) is 0 Å². The minimum atomic E-state index is -0.191. The van der Waals surface area contributed by atoms with Crippen molar-refractivity contribution in [3.05, 3.63) is 22.2 Å². The number of halogens is 1. The van der Waals surface area contributed by atoms with Gasteiger partial charge in [-0.2, -0.15) is 5.26 Å². The highest BCUT2D eigenvalue weighted by atomic mass is 79.9. The first-order valence-corrected chi connectivity index (χ1v) is 9.73. The van der Waals surface area contributed by atoms with Gasteiger partial charge in [-0.05, 0) is 48.7 Å². The molecule has 1 aromatic rings. The summed E-state index contributed by atoms with van der Waals surface area (Å²) in [6, 6.07) is 5.25. The van der Waals surface area contributed by atoms with Crippen LogP contribution in [0.2, 0.25) is 0 Å². The Kier molecular flexibility index (Phi) is 7.92. The SMILES string of the molecule is CCOC(=O)C1CCN(C(=O)COc2c(Br)cc(C#N)cc2OCC)CC1. The second-order valence-electron chi connectivity index (χ2n) is 6.03. The number of carbonyl (C=O) groups excluding carboxylic acids is 2. The molecule has 0 N–H and O–H groups in total. The molecule has 1 aliphatic heterocycles. The van der Waals surface area contributed by atoms with E-state index < -0.39 is 0 Å². The van der Waals surface area contributed by atoms with E-state index in [0.29, 0.717) is 60.7 Å². The van der Waals surface area contributed by atoms with Gasteiger partial charge >= 0.3 is 5.97 Å². The maximum Gasteiger partial charge on any atom is 0.309 e. The van der Waals surface area contributed by atoms with Crippen LogP contribution in [0.15, 0.2) is 16.6 Å². The van der Waals surface area contributed by atoms with Crippen molar-refractivity contribution >= 4 is 27.8 Å². The molecule has 1 heterocycles. The molecule has 0 saturated carbocycles. The molecule has 8 heteroatoms. The molecule has 0 spiro atoms. The summed E-state index contributed by atoms with van der Waals surface area (Å²) in [5.41, 5.74) is 0.435. The van der Waals surface area contributed by atoms with Crippen molar-refractivity contribution < 1.29 is 23.8 Å². The molecule has 0 bridgehead atoms. The van der Waals surface area contributed by atoms with Gasteiger partial charge in [0, 0.05) is 19.2 Å². The molecule has 0 aromatic heterocycles. The number of nitrogens with zero attached hydrogens (tertiary/aromatic N) is 2. The van der Waals surface area contributed by atoms with Crippen LogP contribution in [0.5, 0.6) is 11.5 Å². The van der Waals surface area contributed by atoms with Gasteiger partial charge in [0.05, 0.1) is 35.2 Å². The van der Waals surface area contributed by atoms with Gasteiger partial charge in [0.25, 0.3) is 5.91 Å². The predicted octanol–water partition coefficient (Wildman–Crippen LogP) is 2.90. The molecule has 0 atom stereocenters. The highest BCUT2D eigenvalue weighted by Gasteiger charge is 2.28. The maximum atomic E-state index is 12.5. The van der Waals surface area contributed by atoms with E-state index in [4.69, 9.17) is 19.5 Å². The lowest BCUT2D eigenvalue weighted by Gasteiger charge is -2.30. The first kappa shape index (κ1) is 21.0. The Bertz CT molecular complexity index is 724. The molecular weight excluding hydrogens is 416 g/mol. The van der Waals surface area contributed by atoms with Gasteiger partial charge in [0.2, 0.25) is 0 Å². The van der Waals surface area contributed by atoms with Crippen molar-refractivity contribution in [3.8, 4) is 17.6 Å². The van der Waals surface area contributed by atoms with Gasteiger partial charge in [-0.3, -0.25) is 9.59 Å². The summed E-state index contributed by atoms with van der Waals surface area (Å²) in [6.45, 7) is 5.24. The zero-order valence-corrected chi connectivity index (χ0v) is 17.1. The summed E-state index contributed by atoms with van der Waals surface area (Å²) in [5.74, 6) is 0.315. The average molecular weight is 439 g/mol. The van der Waals surface area contributed by atoms with Crippen LogP contribution in [0.1, 0.15) is 32.3 Å². The van der Waals surface area contributed by atoms with Crippen LogP contribution in [-0.4, -0.2) is 49.7 Å². The number of amides is 1. The van der Waals surface area contributed by atoms with Gasteiger partial charge in [0.15, 0.2) is 18.1 Å². The Labute approximate surface area is 167 Å². The van der Waals surface area contributed by atoms with Crippen molar-refractivity contribution in [1.82, 2.24) is 4.90 Å². The van der Waals surface area contributed by atoms with Crippen molar-refractivity contribution in [2.45, 2.75) is 26.7 Å². The average Bonchev–Trinajstić information content (AvgIpc) is 2.67. The molecule has 27 heavy (non-hydrogen) atoms. The molecule has 1 aromatic carbocycles. The van der Waals surface area contributed by atoms with E-state index in [2.05, 4.69) is 22.0 Å². The van der Waals surface area contributed by atoms with Crippen molar-refractivity contribution in [2.75, 3.05) is 32.9 Å². The van der Waals surface area contributed by atoms with Crippen LogP contribution in [0, 0.1) is 17.2 Å². The molecule has 2 rings (SSSR count). The van der Waals surface area contributed by atoms with Crippen LogP contribution in [0.25, 0.3) is 0 Å². The lowest BCUT2D eigenvalue weighted by Crippen LogP contribution is -2.42. The van der Waals surface area contributed by atoms with Gasteiger partial charge < -0.3 is 19.1 Å². The topological polar surface area (TPSA) is 88.9 Å². The zero-order valence-electron chi connectivity index (χ0n) is 15.5. The van der Waals surface area contributed by atoms with E-state index in [0.717, 1.165) is 0 Å². The fourth-order valence-electron chi connectivity index (χ4n) is 2.89. The summed E-state index contributed by atoms with van der Waals surface area (Å²) >= 11 is 3.36. The first-order valence-electron chi connectivity index (χ1n) is 8.93. The maximum absolute atomic E-state index is 12.5. The van der Waals surface area contributed by atoms with Gasteiger partial charge in [0.1, 0.15) is 0 Å². The van der Waals surface area contributed by atoms with Gasteiger partial charge in [-0.25, -0.2) is 0 Å². The molecule has 1 fully saturated rings. The lowest BCUT2D eigenvalue weighted by molar-refractivity contribution is -0.151. The third-order valence-corrected chi connectivity index (χ3v) is 4.84. The van der Waals surface area contributed by atoms with Crippen LogP contribution in [0.4, 0.5) is 0 Å². The highest BCUT2D eigenvalue weighted by Crippen LogP contribution is 2.36. The fourth-order valence-corrected chi connectivity index (χ4v) is 3.44. The normalized spacial score (nSPS) is 14.4. The number of esters is 1. The third kappa shape index (κ3) is 5.60. The first-order chi connectivity index (χ1) is 13.0. The van der Waals surface area contributed by atoms with Crippen LogP contribution in [-0.2, 0) is 14.3 Å². The highest BCUT2D eigenvalue weighted by molar-refractivity contribution is 9.10. The van der Waals surface area contributed by atoms with Crippen LogP contribution >= 0.6 is 15.9 Å². The Balaban J connectivity index is 1.95. The molecule has 146 valence electrons. The summed E-state index contributed by atoms with van der Waals surface area (Å²) in [4.78, 5) is 25.9. The molecule has 0 unspecified atom stereocenters. The molecule has 1 amide bonds. The second kappa shape index (κ2) is 10.2. The lowest BCUT2D eigenvalue weighted by atomic mass is 9.97. The molecule has 1 saturated heterocycles. The zero-order chi connectivity index (χ0) is 19.8. The van der Waals surface area contributed by atoms with E-state index >= 15 is 0 Å². The van der Waals surface area contributed by atoms with Gasteiger partial charge in [-0.15, -0.1) is 0 Å². The summed E-state index contributed by atoms with van der Waals surface area (Å²) < 4.78 is 16.8. The number of carbonyl (C=O) groups is 2. The minimum Gasteiger partial charge on any atom is -0.490 e. The Hall–Kier alpha value is -2.27. The molecule has 7 nitrogen and oxygen atoms in total. The molecule has 0 radical (unpaired) electrons. The van der Waals surface area contributed by atoms with Crippen molar-refractivity contribution in [3.63, 3.8) is 0 Å². The van der Waals surface area contributed by atoms with Crippen molar-refractivity contribution in [1.29, 1.82) is 5.26 Å². The standard InChI is InChI=1S/C19H23BrN2O5/c1-3-25-16-10-13(11-21)9-15(20)18(16)27-12-17(23)22-7-5-14(6-8-22)19(24)26-4-2/h9-10,14H,3-8,12H2,1-2H3. The number of ether oxygens (including phenoxy) is 3. The number of rotatable bonds is 7. The number of likely N-dealkylation sites (tertiary alicyclic amines) is 1. The summed E-state index contributed by atoms with van der Waals surface area (Å²) in [5, 5.41) is 9.07. The number of benzene rings is 1. The predicted molar refractivity (Wildman–Crippen MR) is 101 cm³/mol. The number of nitriles is 1. The quantitative estimate of drug-likeness (QED) is 0.607. The Morgan fingerprint density at radius 2 is 1.93 bits per heavy atom. The monoisotopic (exact) mass is 438 g/mol. The Morgan fingerprint density at radius 1 is 1.22 bits per heavy atom. The van der Waals surface area contributed by atoms with Gasteiger partial charge in [-0.1, -0.05) is 0 Å². The Morgan fingerprint density at radius 3 is 2.52 bits per heavy atom. The number of hydrogen-bond donors (Lipinski definition) is 0. The molecule has 0 aliphatic carbocycles. The molecule has 1 aliphatic rings.